The topological polar surface area (TPSA) is 67.2 Å². The highest BCUT2D eigenvalue weighted by atomic mass is 32.2. The van der Waals surface area contributed by atoms with Gasteiger partial charge in [0.25, 0.3) is 0 Å². The Morgan fingerprint density at radius 3 is 2.50 bits per heavy atom. The van der Waals surface area contributed by atoms with E-state index in [4.69, 9.17) is 0 Å². The lowest BCUT2D eigenvalue weighted by molar-refractivity contribution is 0.491. The number of rotatable bonds is 8. The molecule has 0 aliphatic carbocycles. The first kappa shape index (κ1) is 20.6. The fourth-order valence-corrected chi connectivity index (χ4v) is 4.23. The van der Waals surface area contributed by atoms with Crippen molar-refractivity contribution in [2.75, 3.05) is 14.1 Å². The Labute approximate surface area is 157 Å². The van der Waals surface area contributed by atoms with E-state index in [1.165, 1.54) is 39.1 Å². The Morgan fingerprint density at radius 2 is 1.92 bits per heavy atom. The number of imidazole rings is 1. The van der Waals surface area contributed by atoms with E-state index in [0.717, 1.165) is 6.42 Å². The van der Waals surface area contributed by atoms with Gasteiger partial charge in [-0.3, -0.25) is 0 Å². The van der Waals surface area contributed by atoms with Gasteiger partial charge in [-0.1, -0.05) is 37.6 Å². The first-order valence-electron chi connectivity index (χ1n) is 9.01. The molecule has 0 saturated heterocycles. The zero-order valence-electron chi connectivity index (χ0n) is 16.6. The molecule has 0 spiro atoms. The summed E-state index contributed by atoms with van der Waals surface area (Å²) in [5.74, 6) is 0.551. The highest BCUT2D eigenvalue weighted by Crippen LogP contribution is 2.23. The Kier molecular flexibility index (Phi) is 6.60. The van der Waals surface area contributed by atoms with Gasteiger partial charge in [0.15, 0.2) is 0 Å². The molecule has 0 aliphatic rings. The van der Waals surface area contributed by atoms with Crippen LogP contribution < -0.4 is 5.32 Å². The highest BCUT2D eigenvalue weighted by molar-refractivity contribution is 7.87. The molecule has 0 radical (unpaired) electrons. The van der Waals surface area contributed by atoms with Crippen LogP contribution in [0, 0.1) is 13.8 Å². The molecule has 0 bridgehead atoms. The summed E-state index contributed by atoms with van der Waals surface area (Å²) in [5, 5.41) is 3.52. The van der Waals surface area contributed by atoms with Crippen LogP contribution in [0.1, 0.15) is 54.5 Å². The maximum Gasteiger partial charge on any atom is 0.308 e. The number of aryl methyl sites for hydroxylation is 3. The number of nitrogens with one attached hydrogen (secondary N) is 1. The molecular weight excluding hydrogens is 348 g/mol. The zero-order chi connectivity index (χ0) is 19.5. The monoisotopic (exact) mass is 378 g/mol. The standard InChI is InChI=1S/C19H30N4O2S/c1-7-18(17-11-14(3)9-10-15(17)4)20-12-16-13-21-19(8-2)23(16)26(24,25)22(5)6/h9-11,13,18,20H,7-8,12H2,1-6H3. The summed E-state index contributed by atoms with van der Waals surface area (Å²) in [6, 6.07) is 6.59. The summed E-state index contributed by atoms with van der Waals surface area (Å²) in [5.41, 5.74) is 4.36. The van der Waals surface area contributed by atoms with Crippen molar-refractivity contribution >= 4 is 10.2 Å². The van der Waals surface area contributed by atoms with Gasteiger partial charge in [0.2, 0.25) is 0 Å². The van der Waals surface area contributed by atoms with E-state index in [0.29, 0.717) is 24.5 Å². The Bertz CT molecular complexity index is 856. The predicted octanol–water partition coefficient (Wildman–Crippen LogP) is 2.96. The van der Waals surface area contributed by atoms with Gasteiger partial charge in [0, 0.05) is 33.1 Å². The molecule has 1 atom stereocenters. The normalized spacial score (nSPS) is 13.3. The molecule has 26 heavy (non-hydrogen) atoms. The van der Waals surface area contributed by atoms with Crippen LogP contribution in [0.25, 0.3) is 0 Å². The second-order valence-electron chi connectivity index (χ2n) is 6.78. The number of hydrogen-bond donors (Lipinski definition) is 1. The number of nitrogens with zero attached hydrogens (tertiary/aromatic N) is 3. The van der Waals surface area contributed by atoms with Crippen molar-refractivity contribution in [1.29, 1.82) is 0 Å². The first-order chi connectivity index (χ1) is 12.2. The first-order valence-corrected chi connectivity index (χ1v) is 10.4. The number of hydrogen-bond acceptors (Lipinski definition) is 4. The minimum Gasteiger partial charge on any atom is -0.304 e. The summed E-state index contributed by atoms with van der Waals surface area (Å²) < 4.78 is 28.0. The molecule has 144 valence electrons. The van der Waals surface area contributed by atoms with Crippen molar-refractivity contribution in [1.82, 2.24) is 18.6 Å². The average molecular weight is 379 g/mol. The van der Waals surface area contributed by atoms with E-state index in [1.807, 2.05) is 6.92 Å². The second kappa shape index (κ2) is 8.33. The SMILES string of the molecule is CCc1ncc(CNC(CC)c2cc(C)ccc2C)n1S(=O)(=O)N(C)C. The molecule has 0 fully saturated rings. The Balaban J connectivity index is 2.31. The van der Waals surface area contributed by atoms with E-state index in [1.54, 1.807) is 6.20 Å². The van der Waals surface area contributed by atoms with Crippen LogP contribution in [0.15, 0.2) is 24.4 Å². The average Bonchev–Trinajstić information content (AvgIpc) is 3.02. The van der Waals surface area contributed by atoms with Crippen LogP contribution in [0.5, 0.6) is 0 Å². The van der Waals surface area contributed by atoms with Gasteiger partial charge in [0.1, 0.15) is 5.82 Å². The van der Waals surface area contributed by atoms with Gasteiger partial charge in [-0.15, -0.1) is 0 Å². The molecule has 2 rings (SSSR count). The molecule has 0 saturated carbocycles. The minimum absolute atomic E-state index is 0.158. The van der Waals surface area contributed by atoms with E-state index in [-0.39, 0.29) is 6.04 Å². The molecule has 6 nitrogen and oxygen atoms in total. The van der Waals surface area contributed by atoms with E-state index >= 15 is 0 Å². The van der Waals surface area contributed by atoms with Crippen LogP contribution in [0.4, 0.5) is 0 Å². The molecular formula is C19H30N4O2S. The van der Waals surface area contributed by atoms with Crippen LogP contribution in [0.3, 0.4) is 0 Å². The molecule has 2 aromatic rings. The summed E-state index contributed by atoms with van der Waals surface area (Å²) in [6.07, 6.45) is 3.13. The number of aromatic nitrogens is 2. The van der Waals surface area contributed by atoms with Gasteiger partial charge in [-0.05, 0) is 31.4 Å². The largest absolute Gasteiger partial charge is 0.308 e. The predicted molar refractivity (Wildman–Crippen MR) is 105 cm³/mol. The van der Waals surface area contributed by atoms with E-state index in [9.17, 15) is 8.42 Å². The second-order valence-corrected chi connectivity index (χ2v) is 8.77. The van der Waals surface area contributed by atoms with Crippen molar-refractivity contribution in [3.8, 4) is 0 Å². The van der Waals surface area contributed by atoms with Gasteiger partial charge in [-0.25, -0.2) is 8.96 Å². The third-order valence-corrected chi connectivity index (χ3v) is 6.44. The fraction of sp³-hybridized carbons (Fsp3) is 0.526. The van der Waals surface area contributed by atoms with Gasteiger partial charge in [0.05, 0.1) is 11.9 Å². The molecule has 1 N–H and O–H groups in total. The summed E-state index contributed by atoms with van der Waals surface area (Å²) in [4.78, 5) is 4.31. The van der Waals surface area contributed by atoms with Crippen LogP contribution in [-0.4, -0.2) is 35.8 Å². The minimum atomic E-state index is -3.59. The van der Waals surface area contributed by atoms with Gasteiger partial charge < -0.3 is 5.32 Å². The van der Waals surface area contributed by atoms with Gasteiger partial charge >= 0.3 is 10.2 Å². The van der Waals surface area contributed by atoms with E-state index < -0.39 is 10.2 Å². The molecule has 0 amide bonds. The quantitative estimate of drug-likeness (QED) is 0.767. The van der Waals surface area contributed by atoms with Crippen LogP contribution >= 0.6 is 0 Å². The van der Waals surface area contributed by atoms with Crippen molar-refractivity contribution < 1.29 is 8.42 Å². The molecule has 1 aromatic heterocycles. The molecule has 1 aromatic carbocycles. The van der Waals surface area contributed by atoms with Crippen molar-refractivity contribution in [2.45, 2.75) is 53.1 Å². The van der Waals surface area contributed by atoms with Crippen molar-refractivity contribution in [3.63, 3.8) is 0 Å². The van der Waals surface area contributed by atoms with E-state index in [2.05, 4.69) is 49.3 Å². The van der Waals surface area contributed by atoms with Crippen molar-refractivity contribution in [2.24, 2.45) is 0 Å². The maximum absolute atomic E-state index is 12.7. The molecule has 1 heterocycles. The lowest BCUT2D eigenvalue weighted by atomic mass is 9.97. The third-order valence-electron chi connectivity index (χ3n) is 4.61. The van der Waals surface area contributed by atoms with Crippen LogP contribution in [-0.2, 0) is 23.2 Å². The Morgan fingerprint density at radius 1 is 1.23 bits per heavy atom. The lowest BCUT2D eigenvalue weighted by Gasteiger charge is -2.22. The molecule has 1 unspecified atom stereocenters. The summed E-state index contributed by atoms with van der Waals surface area (Å²) >= 11 is 0. The fourth-order valence-electron chi connectivity index (χ4n) is 3.05. The van der Waals surface area contributed by atoms with Gasteiger partial charge in [-0.2, -0.15) is 12.7 Å². The maximum atomic E-state index is 12.7. The molecule has 7 heteroatoms. The number of benzene rings is 1. The van der Waals surface area contributed by atoms with Crippen molar-refractivity contribution in [3.05, 3.63) is 52.6 Å². The lowest BCUT2D eigenvalue weighted by Crippen LogP contribution is -2.33. The Hall–Kier alpha value is -1.70. The third kappa shape index (κ3) is 4.16. The smallest absolute Gasteiger partial charge is 0.304 e. The molecule has 0 aliphatic heterocycles. The highest BCUT2D eigenvalue weighted by Gasteiger charge is 2.24. The zero-order valence-corrected chi connectivity index (χ0v) is 17.4. The summed E-state index contributed by atoms with van der Waals surface area (Å²) in [6.45, 7) is 8.67. The summed E-state index contributed by atoms with van der Waals surface area (Å²) in [7, 11) is -0.516. The van der Waals surface area contributed by atoms with Crippen LogP contribution in [0.2, 0.25) is 0 Å².